The van der Waals surface area contributed by atoms with Gasteiger partial charge in [-0.3, -0.25) is 23.7 Å². The molecule has 1 fully saturated rings. The fraction of sp³-hybridized carbons (Fsp3) is 0.346. The highest BCUT2D eigenvalue weighted by atomic mass is 31.1. The molecule has 3 aromatic rings. The Balaban J connectivity index is 1.47. The molecule has 1 aliphatic heterocycles. The quantitative estimate of drug-likeness (QED) is 0.192. The van der Waals surface area contributed by atoms with Crippen LogP contribution in [0.5, 0.6) is 5.75 Å². The van der Waals surface area contributed by atoms with Crippen LogP contribution < -0.4 is 16.1 Å². The molecular formula is C26H28F2N3O9P. The number of alkyl halides is 1. The summed E-state index contributed by atoms with van der Waals surface area (Å²) in [6.07, 6.45) is -3.86. The van der Waals surface area contributed by atoms with E-state index in [1.54, 1.807) is 30.3 Å². The van der Waals surface area contributed by atoms with Gasteiger partial charge in [0.15, 0.2) is 11.9 Å². The standard InChI is InChI=1S/C26H28F2N3O9P/c1-16(23(34)37-14-17-6-4-3-5-7-17)31(40-19-10-8-18(27)9-11-19)41(36)38-15-20-22(33)26(2,28)24(39-20)30-13-12-21(32)29-25(30)35/h3-13,16,20,22,24,33,41H,14-15H2,1-2H3,(H,29,32,35)/t16?,20-,22-,24-,26-/m1/s1. The van der Waals surface area contributed by atoms with Gasteiger partial charge in [0.25, 0.3) is 13.7 Å². The molecule has 2 unspecified atom stereocenters. The lowest BCUT2D eigenvalue weighted by Gasteiger charge is -2.27. The van der Waals surface area contributed by atoms with Crippen molar-refractivity contribution < 1.29 is 42.1 Å². The van der Waals surface area contributed by atoms with Crippen LogP contribution in [0.1, 0.15) is 25.6 Å². The van der Waals surface area contributed by atoms with Gasteiger partial charge in [-0.2, -0.15) is 0 Å². The van der Waals surface area contributed by atoms with Crippen LogP contribution in [-0.2, 0) is 30.0 Å². The zero-order chi connectivity index (χ0) is 29.7. The molecule has 4 rings (SSSR count). The lowest BCUT2D eigenvalue weighted by Crippen LogP contribution is -2.43. The predicted octanol–water partition coefficient (Wildman–Crippen LogP) is 2.50. The summed E-state index contributed by atoms with van der Waals surface area (Å²) >= 11 is 0. The first kappa shape index (κ1) is 30.3. The van der Waals surface area contributed by atoms with E-state index in [4.69, 9.17) is 18.8 Å². The third-order valence-electron chi connectivity index (χ3n) is 6.31. The number of nitrogens with one attached hydrogen (secondary N) is 1. The third kappa shape index (κ3) is 7.16. The molecule has 0 spiro atoms. The van der Waals surface area contributed by atoms with Crippen LogP contribution in [-0.4, -0.2) is 56.0 Å². The number of hydroxylamine groups is 1. The van der Waals surface area contributed by atoms with Gasteiger partial charge in [0, 0.05) is 12.3 Å². The van der Waals surface area contributed by atoms with Crippen LogP contribution in [0.3, 0.4) is 0 Å². The monoisotopic (exact) mass is 595 g/mol. The van der Waals surface area contributed by atoms with E-state index < -0.39 is 68.0 Å². The molecule has 2 aromatic carbocycles. The first-order valence-corrected chi connectivity index (χ1v) is 13.7. The molecule has 0 aliphatic carbocycles. The average Bonchev–Trinajstić information content (AvgIpc) is 3.18. The Bertz CT molecular complexity index is 1480. The molecule has 1 aliphatic rings. The van der Waals surface area contributed by atoms with E-state index in [2.05, 4.69) is 0 Å². The van der Waals surface area contributed by atoms with Crippen molar-refractivity contribution in [2.75, 3.05) is 6.61 Å². The number of carbonyl (C=O) groups excluding carboxylic acids is 1. The number of aromatic amines is 1. The van der Waals surface area contributed by atoms with Gasteiger partial charge in [0.2, 0.25) is 0 Å². The summed E-state index contributed by atoms with van der Waals surface area (Å²) in [4.78, 5) is 44.6. The number of aliphatic hydroxyl groups is 1. The van der Waals surface area contributed by atoms with E-state index in [1.165, 1.54) is 19.1 Å². The molecule has 0 radical (unpaired) electrons. The summed E-state index contributed by atoms with van der Waals surface area (Å²) in [5.74, 6) is -1.34. The minimum Gasteiger partial charge on any atom is -0.460 e. The molecular weight excluding hydrogens is 567 g/mol. The molecule has 2 heterocycles. The van der Waals surface area contributed by atoms with Gasteiger partial charge in [-0.25, -0.2) is 13.6 Å². The second-order valence-electron chi connectivity index (χ2n) is 9.36. The number of nitrogens with zero attached hydrogens (tertiary/aromatic N) is 2. The zero-order valence-electron chi connectivity index (χ0n) is 21.9. The number of rotatable bonds is 11. The van der Waals surface area contributed by atoms with Crippen LogP contribution in [0.2, 0.25) is 0 Å². The van der Waals surface area contributed by atoms with Crippen molar-refractivity contribution in [3.8, 4) is 5.75 Å². The SMILES string of the molecule is CC(C(=O)OCc1ccccc1)N(Oc1ccc(F)cc1)[PH](=O)OC[C@H]1O[C@@H](n2ccc(=O)[nH]c2=O)[C@](C)(F)[C@@H]1O. The number of H-pyrrole nitrogens is 1. The number of halogens is 2. The smallest absolute Gasteiger partial charge is 0.330 e. The molecule has 220 valence electrons. The van der Waals surface area contributed by atoms with Crippen molar-refractivity contribution in [1.82, 2.24) is 14.4 Å². The van der Waals surface area contributed by atoms with Gasteiger partial charge in [0.1, 0.15) is 36.4 Å². The molecule has 41 heavy (non-hydrogen) atoms. The van der Waals surface area contributed by atoms with Crippen molar-refractivity contribution in [3.63, 3.8) is 0 Å². The maximum atomic E-state index is 15.5. The number of aliphatic hydroxyl groups excluding tert-OH is 1. The highest BCUT2D eigenvalue weighted by molar-refractivity contribution is 7.36. The summed E-state index contributed by atoms with van der Waals surface area (Å²) in [6, 6.07) is 13.2. The number of carbonyl (C=O) groups is 1. The number of esters is 1. The summed E-state index contributed by atoms with van der Waals surface area (Å²) < 4.78 is 59.1. The molecule has 15 heteroatoms. The highest BCUT2D eigenvalue weighted by Gasteiger charge is 2.55. The lowest BCUT2D eigenvalue weighted by atomic mass is 9.98. The summed E-state index contributed by atoms with van der Waals surface area (Å²) in [5.41, 5.74) is -3.47. The second kappa shape index (κ2) is 12.9. The van der Waals surface area contributed by atoms with Crippen LogP contribution in [0, 0.1) is 5.82 Å². The van der Waals surface area contributed by atoms with Gasteiger partial charge in [0.05, 0.1) is 6.61 Å². The molecule has 6 atom stereocenters. The maximum Gasteiger partial charge on any atom is 0.330 e. The Kier molecular flexibility index (Phi) is 9.51. The molecule has 0 saturated carbocycles. The number of aromatic nitrogens is 2. The minimum absolute atomic E-state index is 0.0297. The average molecular weight is 595 g/mol. The molecule has 0 amide bonds. The number of hydrogen-bond donors (Lipinski definition) is 2. The first-order valence-electron chi connectivity index (χ1n) is 12.4. The van der Waals surface area contributed by atoms with Crippen LogP contribution in [0.15, 0.2) is 76.4 Å². The number of hydrogen-bond acceptors (Lipinski definition) is 9. The predicted molar refractivity (Wildman–Crippen MR) is 140 cm³/mol. The molecule has 0 bridgehead atoms. The Hall–Kier alpha value is -3.68. The van der Waals surface area contributed by atoms with Crippen molar-refractivity contribution >= 4 is 14.1 Å². The molecule has 12 nitrogen and oxygen atoms in total. The Morgan fingerprint density at radius 1 is 1.20 bits per heavy atom. The van der Waals surface area contributed by atoms with Crippen molar-refractivity contribution in [3.05, 3.63) is 99.1 Å². The lowest BCUT2D eigenvalue weighted by molar-refractivity contribution is -0.156. The van der Waals surface area contributed by atoms with Gasteiger partial charge < -0.3 is 23.9 Å². The van der Waals surface area contributed by atoms with Crippen molar-refractivity contribution in [2.24, 2.45) is 0 Å². The number of ether oxygens (including phenoxy) is 2. The van der Waals surface area contributed by atoms with Crippen LogP contribution >= 0.6 is 8.18 Å². The Labute approximate surface area is 232 Å². The van der Waals surface area contributed by atoms with Gasteiger partial charge in [-0.05, 0) is 43.7 Å². The highest BCUT2D eigenvalue weighted by Crippen LogP contribution is 2.42. The van der Waals surface area contributed by atoms with Crippen LogP contribution in [0.25, 0.3) is 0 Å². The Morgan fingerprint density at radius 2 is 1.88 bits per heavy atom. The topological polar surface area (TPSA) is 149 Å². The summed E-state index contributed by atoms with van der Waals surface area (Å²) in [6.45, 7) is 1.64. The van der Waals surface area contributed by atoms with Crippen molar-refractivity contribution in [2.45, 2.75) is 50.6 Å². The van der Waals surface area contributed by atoms with E-state index in [-0.39, 0.29) is 12.4 Å². The van der Waals surface area contributed by atoms with E-state index in [0.29, 0.717) is 5.56 Å². The molecule has 1 aromatic heterocycles. The maximum absolute atomic E-state index is 15.5. The number of benzene rings is 2. The van der Waals surface area contributed by atoms with Gasteiger partial charge in [-0.1, -0.05) is 35.2 Å². The van der Waals surface area contributed by atoms with E-state index in [9.17, 15) is 28.4 Å². The van der Waals surface area contributed by atoms with Gasteiger partial charge in [-0.15, -0.1) is 0 Å². The van der Waals surface area contributed by atoms with Gasteiger partial charge >= 0.3 is 11.7 Å². The second-order valence-corrected chi connectivity index (χ2v) is 10.6. The fourth-order valence-electron chi connectivity index (χ4n) is 4.01. The normalized spacial score (nSPS) is 23.7. The zero-order valence-corrected chi connectivity index (χ0v) is 22.9. The summed E-state index contributed by atoms with van der Waals surface area (Å²) in [5, 5.41) is 10.6. The molecule has 2 N–H and O–H groups in total. The first-order chi connectivity index (χ1) is 19.5. The van der Waals surface area contributed by atoms with Crippen molar-refractivity contribution in [1.29, 1.82) is 0 Å². The van der Waals surface area contributed by atoms with E-state index >= 15 is 4.39 Å². The largest absolute Gasteiger partial charge is 0.460 e. The fourth-order valence-corrected chi connectivity index (χ4v) is 5.04. The third-order valence-corrected chi connectivity index (χ3v) is 7.56. The van der Waals surface area contributed by atoms with Crippen LogP contribution in [0.4, 0.5) is 8.78 Å². The minimum atomic E-state index is -3.47. The Morgan fingerprint density at radius 3 is 2.54 bits per heavy atom. The molecule has 1 saturated heterocycles. The summed E-state index contributed by atoms with van der Waals surface area (Å²) in [7, 11) is -3.47. The van der Waals surface area contributed by atoms with E-state index in [0.717, 1.165) is 40.7 Å². The van der Waals surface area contributed by atoms with E-state index in [1.807, 2.05) is 4.98 Å².